The van der Waals surface area contributed by atoms with Crippen LogP contribution in [0, 0.1) is 0 Å². The van der Waals surface area contributed by atoms with Gasteiger partial charge in [-0.1, -0.05) is 11.6 Å². The van der Waals surface area contributed by atoms with Crippen molar-refractivity contribution in [2.45, 2.75) is 0 Å². The Morgan fingerprint density at radius 2 is 2.09 bits per heavy atom. The molecule has 0 saturated carbocycles. The molecule has 0 aliphatic carbocycles. The summed E-state index contributed by atoms with van der Waals surface area (Å²) in [5.41, 5.74) is 1.31. The maximum atomic E-state index is 5.71. The van der Waals surface area contributed by atoms with Crippen molar-refractivity contribution in [3.8, 4) is 0 Å². The number of nitrogens with zero attached hydrogens (tertiary/aromatic N) is 3. The van der Waals surface area contributed by atoms with Crippen LogP contribution in [0.4, 0.5) is 0 Å². The van der Waals surface area contributed by atoms with Gasteiger partial charge in [0.25, 0.3) is 0 Å². The van der Waals surface area contributed by atoms with Gasteiger partial charge in [-0.25, -0.2) is 9.97 Å². The molecule has 0 bridgehead atoms. The molecule has 0 amide bonds. The lowest BCUT2D eigenvalue weighted by molar-refractivity contribution is 1.22. The molecule has 0 aliphatic heterocycles. The van der Waals surface area contributed by atoms with Gasteiger partial charge in [-0.2, -0.15) is 4.37 Å². The molecule has 0 atom stereocenters. The summed E-state index contributed by atoms with van der Waals surface area (Å²) in [6, 6.07) is 0. The third-order valence-electron chi connectivity index (χ3n) is 1.15. The van der Waals surface area contributed by atoms with Gasteiger partial charge in [0, 0.05) is 5.38 Å². The number of hydrogen-bond acceptors (Lipinski definition) is 4. The van der Waals surface area contributed by atoms with E-state index >= 15 is 0 Å². The Morgan fingerprint density at radius 3 is 2.91 bits per heavy atom. The molecule has 2 rings (SSSR count). The molecule has 0 spiro atoms. The number of rotatable bonds is 0. The largest absolute Gasteiger partial charge is 0.224 e. The van der Waals surface area contributed by atoms with Gasteiger partial charge in [-0.3, -0.25) is 0 Å². The minimum Gasteiger partial charge on any atom is -0.215 e. The lowest BCUT2D eigenvalue weighted by atomic mass is 10.5. The second kappa shape index (κ2) is 2.55. The first-order valence-electron chi connectivity index (χ1n) is 2.70. The van der Waals surface area contributed by atoms with Crippen molar-refractivity contribution in [2.24, 2.45) is 0 Å². The van der Waals surface area contributed by atoms with Crippen LogP contribution in [0.1, 0.15) is 0 Å². The van der Waals surface area contributed by atoms with E-state index in [0.717, 1.165) is 0 Å². The summed E-state index contributed by atoms with van der Waals surface area (Å²) in [5.74, 6) is 0. The molecule has 0 unspecified atom stereocenters. The average molecular weight is 206 g/mol. The molecule has 0 fully saturated rings. The Labute approximate surface area is 76.2 Å². The van der Waals surface area contributed by atoms with Crippen LogP contribution in [0.5, 0.6) is 0 Å². The molecular formula is C5HCl2N3S. The van der Waals surface area contributed by atoms with Gasteiger partial charge >= 0.3 is 0 Å². The van der Waals surface area contributed by atoms with Gasteiger partial charge in [0.2, 0.25) is 5.28 Å². The second-order valence-electron chi connectivity index (χ2n) is 1.83. The fraction of sp³-hybridized carbons (Fsp3) is 0. The van der Waals surface area contributed by atoms with Gasteiger partial charge in [-0.05, 0) is 23.1 Å². The van der Waals surface area contributed by atoms with E-state index in [2.05, 4.69) is 14.3 Å². The van der Waals surface area contributed by atoms with E-state index in [1.54, 1.807) is 5.38 Å². The SMILES string of the molecule is Clc1nc(Cl)c2nscc2n1. The predicted molar refractivity (Wildman–Crippen MR) is 45.2 cm³/mol. The molecule has 6 heteroatoms. The quantitative estimate of drug-likeness (QED) is 0.490. The predicted octanol–water partition coefficient (Wildman–Crippen LogP) is 2.39. The van der Waals surface area contributed by atoms with Crippen LogP contribution in [0.15, 0.2) is 5.38 Å². The molecule has 0 saturated heterocycles. The summed E-state index contributed by atoms with van der Waals surface area (Å²) < 4.78 is 3.99. The Hall–Kier alpha value is -0.450. The molecule has 0 aromatic carbocycles. The minimum absolute atomic E-state index is 0.155. The summed E-state index contributed by atoms with van der Waals surface area (Å²) >= 11 is 12.5. The summed E-state index contributed by atoms with van der Waals surface area (Å²) in [4.78, 5) is 7.65. The van der Waals surface area contributed by atoms with Crippen molar-refractivity contribution in [1.82, 2.24) is 14.3 Å². The number of aromatic nitrogens is 3. The maximum Gasteiger partial charge on any atom is 0.224 e. The van der Waals surface area contributed by atoms with Crippen LogP contribution in [0.25, 0.3) is 11.0 Å². The highest BCUT2D eigenvalue weighted by atomic mass is 35.5. The van der Waals surface area contributed by atoms with Gasteiger partial charge in [-0.15, -0.1) is 0 Å². The van der Waals surface area contributed by atoms with Crippen molar-refractivity contribution in [2.75, 3.05) is 0 Å². The van der Waals surface area contributed by atoms with E-state index in [0.29, 0.717) is 16.2 Å². The van der Waals surface area contributed by atoms with Crippen LogP contribution in [-0.4, -0.2) is 14.3 Å². The lowest BCUT2D eigenvalue weighted by Gasteiger charge is -1.90. The van der Waals surface area contributed by atoms with Crippen LogP contribution < -0.4 is 0 Å². The summed E-state index contributed by atoms with van der Waals surface area (Å²) in [5, 5.41) is 2.23. The third kappa shape index (κ3) is 1.17. The normalized spacial score (nSPS) is 10.7. The summed E-state index contributed by atoms with van der Waals surface area (Å²) in [6.45, 7) is 0. The van der Waals surface area contributed by atoms with E-state index in [1.165, 1.54) is 11.5 Å². The molecule has 0 aliphatic rings. The maximum absolute atomic E-state index is 5.71. The third-order valence-corrected chi connectivity index (χ3v) is 2.20. The molecule has 2 heterocycles. The molecule has 2 aromatic rings. The standard InChI is InChI=1S/C5HCl2N3S/c6-4-3-2(1-11-10-3)8-5(7)9-4/h1H. The van der Waals surface area contributed by atoms with Gasteiger partial charge < -0.3 is 0 Å². The summed E-state index contributed by atoms with van der Waals surface area (Å²) in [6.07, 6.45) is 0. The van der Waals surface area contributed by atoms with Crippen LogP contribution >= 0.6 is 34.7 Å². The van der Waals surface area contributed by atoms with E-state index in [4.69, 9.17) is 23.2 Å². The van der Waals surface area contributed by atoms with E-state index in [1.807, 2.05) is 0 Å². The highest BCUT2D eigenvalue weighted by molar-refractivity contribution is 7.04. The Balaban J connectivity index is 2.91. The molecule has 3 nitrogen and oxygen atoms in total. The first kappa shape index (κ1) is 7.21. The van der Waals surface area contributed by atoms with Crippen LogP contribution in [0.3, 0.4) is 0 Å². The zero-order valence-electron chi connectivity index (χ0n) is 5.08. The fourth-order valence-electron chi connectivity index (χ4n) is 0.713. The minimum atomic E-state index is 0.155. The molecule has 0 N–H and O–H groups in total. The Bertz CT molecular complexity index is 400. The van der Waals surface area contributed by atoms with Crippen molar-refractivity contribution < 1.29 is 0 Å². The Kier molecular flexibility index (Phi) is 1.67. The first-order valence-corrected chi connectivity index (χ1v) is 4.30. The van der Waals surface area contributed by atoms with Crippen LogP contribution in [-0.2, 0) is 0 Å². The average Bonchev–Trinajstić information content (AvgIpc) is 2.34. The number of fused-ring (bicyclic) bond motifs is 1. The second-order valence-corrected chi connectivity index (χ2v) is 3.16. The van der Waals surface area contributed by atoms with Gasteiger partial charge in [0.05, 0.1) is 0 Å². The van der Waals surface area contributed by atoms with Gasteiger partial charge in [0.1, 0.15) is 11.0 Å². The van der Waals surface area contributed by atoms with E-state index < -0.39 is 0 Å². The highest BCUT2D eigenvalue weighted by Crippen LogP contribution is 2.21. The van der Waals surface area contributed by atoms with E-state index in [9.17, 15) is 0 Å². The number of halogens is 2. The highest BCUT2D eigenvalue weighted by Gasteiger charge is 2.05. The van der Waals surface area contributed by atoms with Gasteiger partial charge in [0.15, 0.2) is 5.15 Å². The zero-order valence-corrected chi connectivity index (χ0v) is 7.41. The van der Waals surface area contributed by atoms with Crippen molar-refractivity contribution >= 4 is 45.8 Å². The fourth-order valence-corrected chi connectivity index (χ4v) is 1.80. The van der Waals surface area contributed by atoms with Crippen molar-refractivity contribution in [3.05, 3.63) is 15.8 Å². The monoisotopic (exact) mass is 205 g/mol. The van der Waals surface area contributed by atoms with Crippen molar-refractivity contribution in [3.63, 3.8) is 0 Å². The lowest BCUT2D eigenvalue weighted by Crippen LogP contribution is -1.83. The molecule has 11 heavy (non-hydrogen) atoms. The van der Waals surface area contributed by atoms with Crippen molar-refractivity contribution in [1.29, 1.82) is 0 Å². The smallest absolute Gasteiger partial charge is 0.215 e. The molecule has 2 aromatic heterocycles. The number of hydrogen-bond donors (Lipinski definition) is 0. The molecule has 56 valence electrons. The Morgan fingerprint density at radius 1 is 1.27 bits per heavy atom. The molecular weight excluding hydrogens is 205 g/mol. The topological polar surface area (TPSA) is 38.7 Å². The first-order chi connectivity index (χ1) is 5.27. The molecule has 0 radical (unpaired) electrons. The van der Waals surface area contributed by atoms with Crippen LogP contribution in [0.2, 0.25) is 10.4 Å². The van der Waals surface area contributed by atoms with E-state index in [-0.39, 0.29) is 5.28 Å². The zero-order chi connectivity index (χ0) is 7.84. The summed E-state index contributed by atoms with van der Waals surface area (Å²) in [7, 11) is 0.